The Hall–Kier alpha value is -1.07. The molecule has 1 fully saturated rings. The van der Waals surface area contributed by atoms with Gasteiger partial charge in [0.2, 0.25) is 5.91 Å². The van der Waals surface area contributed by atoms with Crippen molar-refractivity contribution in [3.05, 3.63) is 11.8 Å². The Morgan fingerprint density at radius 1 is 1.27 bits per heavy atom. The molecular formula is C20H37ClN4O. The van der Waals surface area contributed by atoms with Crippen molar-refractivity contribution in [2.24, 2.45) is 11.8 Å². The number of nitrogens with one attached hydrogen (secondary N) is 2. The molecule has 0 radical (unpaired) electrons. The molecule has 1 saturated heterocycles. The van der Waals surface area contributed by atoms with Crippen LogP contribution in [0.25, 0.3) is 0 Å². The average molecular weight is 385 g/mol. The van der Waals surface area contributed by atoms with Gasteiger partial charge in [0, 0.05) is 17.9 Å². The molecular weight excluding hydrogens is 348 g/mol. The second kappa shape index (κ2) is 8.75. The van der Waals surface area contributed by atoms with E-state index < -0.39 is 0 Å². The van der Waals surface area contributed by atoms with Crippen LogP contribution in [0, 0.1) is 11.8 Å². The fraction of sp³-hybridized carbons (Fsp3) is 0.800. The first-order chi connectivity index (χ1) is 11.5. The number of carbonyl (C=O) groups is 1. The molecule has 1 aromatic rings. The van der Waals surface area contributed by atoms with Gasteiger partial charge in [-0.1, -0.05) is 27.7 Å². The fourth-order valence-electron chi connectivity index (χ4n) is 3.41. The Kier molecular flexibility index (Phi) is 7.73. The van der Waals surface area contributed by atoms with Crippen LogP contribution < -0.4 is 10.6 Å². The molecule has 0 aliphatic carbocycles. The van der Waals surface area contributed by atoms with Crippen molar-refractivity contribution in [1.29, 1.82) is 0 Å². The lowest BCUT2D eigenvalue weighted by Gasteiger charge is -2.28. The molecule has 1 amide bonds. The van der Waals surface area contributed by atoms with Gasteiger partial charge in [-0.05, 0) is 58.5 Å². The monoisotopic (exact) mass is 384 g/mol. The number of halogens is 1. The quantitative estimate of drug-likeness (QED) is 0.812. The Morgan fingerprint density at radius 2 is 1.85 bits per heavy atom. The minimum Gasteiger partial charge on any atom is -0.317 e. The van der Waals surface area contributed by atoms with Gasteiger partial charge in [0.25, 0.3) is 0 Å². The third-order valence-electron chi connectivity index (χ3n) is 5.08. The van der Waals surface area contributed by atoms with Gasteiger partial charge in [-0.2, -0.15) is 5.10 Å². The number of nitrogens with zero attached hydrogens (tertiary/aromatic N) is 2. The van der Waals surface area contributed by atoms with E-state index in [-0.39, 0.29) is 29.3 Å². The molecule has 5 nitrogen and oxygen atoms in total. The molecule has 1 aromatic heterocycles. The minimum atomic E-state index is -0.174. The van der Waals surface area contributed by atoms with Crippen LogP contribution in [0.3, 0.4) is 0 Å². The first-order valence-corrected chi connectivity index (χ1v) is 9.60. The van der Waals surface area contributed by atoms with Crippen LogP contribution in [0.4, 0.5) is 5.82 Å². The maximum atomic E-state index is 12.6. The van der Waals surface area contributed by atoms with Gasteiger partial charge in [0.05, 0.1) is 11.2 Å². The Labute approximate surface area is 165 Å². The van der Waals surface area contributed by atoms with E-state index in [0.717, 1.165) is 24.6 Å². The van der Waals surface area contributed by atoms with E-state index in [0.29, 0.717) is 18.3 Å². The zero-order valence-corrected chi connectivity index (χ0v) is 18.3. The SMILES string of the molecule is CC(CC(=O)Nc1cc(C(C)(C)C)nn1C(C)(C)C)C1CCNCC1.Cl. The van der Waals surface area contributed by atoms with Gasteiger partial charge in [0.1, 0.15) is 5.82 Å². The molecule has 0 saturated carbocycles. The summed E-state index contributed by atoms with van der Waals surface area (Å²) >= 11 is 0. The molecule has 2 heterocycles. The summed E-state index contributed by atoms with van der Waals surface area (Å²) in [7, 11) is 0. The zero-order valence-electron chi connectivity index (χ0n) is 17.5. The smallest absolute Gasteiger partial charge is 0.225 e. The summed E-state index contributed by atoms with van der Waals surface area (Å²) in [6.07, 6.45) is 2.91. The highest BCUT2D eigenvalue weighted by atomic mass is 35.5. The number of rotatable bonds is 4. The first-order valence-electron chi connectivity index (χ1n) is 9.60. The van der Waals surface area contributed by atoms with Crippen LogP contribution in [0.15, 0.2) is 6.07 Å². The molecule has 0 spiro atoms. The number of anilines is 1. The van der Waals surface area contributed by atoms with Gasteiger partial charge in [-0.25, -0.2) is 4.68 Å². The molecule has 26 heavy (non-hydrogen) atoms. The normalized spacial score (nSPS) is 17.5. The van der Waals surface area contributed by atoms with Gasteiger partial charge >= 0.3 is 0 Å². The van der Waals surface area contributed by atoms with E-state index in [9.17, 15) is 4.79 Å². The summed E-state index contributed by atoms with van der Waals surface area (Å²) in [5.41, 5.74) is 0.787. The number of hydrogen-bond acceptors (Lipinski definition) is 3. The molecule has 2 N–H and O–H groups in total. The topological polar surface area (TPSA) is 59.0 Å². The predicted octanol–water partition coefficient (Wildman–Crippen LogP) is 4.32. The molecule has 2 rings (SSSR count). The van der Waals surface area contributed by atoms with E-state index in [1.807, 2.05) is 10.7 Å². The summed E-state index contributed by atoms with van der Waals surface area (Å²) in [6, 6.07) is 2.03. The van der Waals surface area contributed by atoms with Crippen molar-refractivity contribution in [2.75, 3.05) is 18.4 Å². The Balaban J connectivity index is 0.00000338. The van der Waals surface area contributed by atoms with Crippen LogP contribution in [0.5, 0.6) is 0 Å². The number of amides is 1. The highest BCUT2D eigenvalue weighted by Crippen LogP contribution is 2.29. The van der Waals surface area contributed by atoms with Gasteiger partial charge in [-0.15, -0.1) is 12.4 Å². The number of aromatic nitrogens is 2. The molecule has 6 heteroatoms. The summed E-state index contributed by atoms with van der Waals surface area (Å²) in [4.78, 5) is 12.6. The maximum absolute atomic E-state index is 12.6. The van der Waals surface area contributed by atoms with Crippen LogP contribution in [-0.2, 0) is 15.7 Å². The Morgan fingerprint density at radius 3 is 2.35 bits per heavy atom. The molecule has 1 aliphatic rings. The van der Waals surface area contributed by atoms with Gasteiger partial charge in [-0.3, -0.25) is 4.79 Å². The molecule has 1 aliphatic heterocycles. The maximum Gasteiger partial charge on any atom is 0.225 e. The lowest BCUT2D eigenvalue weighted by Crippen LogP contribution is -2.32. The van der Waals surface area contributed by atoms with E-state index in [1.165, 1.54) is 12.8 Å². The highest BCUT2D eigenvalue weighted by Gasteiger charge is 2.27. The summed E-state index contributed by atoms with van der Waals surface area (Å²) < 4.78 is 1.95. The average Bonchev–Trinajstić information content (AvgIpc) is 2.92. The van der Waals surface area contributed by atoms with Crippen molar-refractivity contribution in [2.45, 2.75) is 78.7 Å². The number of hydrogen-bond donors (Lipinski definition) is 2. The number of carbonyl (C=O) groups excluding carboxylic acids is 1. The third-order valence-corrected chi connectivity index (χ3v) is 5.08. The standard InChI is InChI=1S/C20H36N4O.ClH/c1-14(15-8-10-21-11-9-15)12-18(25)22-17-13-16(19(2,3)4)23-24(17)20(5,6)7;/h13-15,21H,8-12H2,1-7H3,(H,22,25);1H. The lowest BCUT2D eigenvalue weighted by molar-refractivity contribution is -0.117. The van der Waals surface area contributed by atoms with Crippen molar-refractivity contribution >= 4 is 24.1 Å². The van der Waals surface area contributed by atoms with Crippen molar-refractivity contribution < 1.29 is 4.79 Å². The summed E-state index contributed by atoms with van der Waals surface area (Å²) in [5.74, 6) is 1.96. The zero-order chi connectivity index (χ0) is 18.8. The van der Waals surface area contributed by atoms with Crippen molar-refractivity contribution in [3.8, 4) is 0 Å². The Bertz CT molecular complexity index is 592. The molecule has 1 atom stereocenters. The summed E-state index contributed by atoms with van der Waals surface area (Å²) in [5, 5.41) is 11.3. The van der Waals surface area contributed by atoms with Crippen LogP contribution in [-0.4, -0.2) is 28.8 Å². The minimum absolute atomic E-state index is 0. The molecule has 150 valence electrons. The van der Waals surface area contributed by atoms with Crippen LogP contribution >= 0.6 is 12.4 Å². The molecule has 0 aromatic carbocycles. The largest absolute Gasteiger partial charge is 0.317 e. The van der Waals surface area contributed by atoms with Crippen molar-refractivity contribution in [1.82, 2.24) is 15.1 Å². The second-order valence-electron chi connectivity index (χ2n) is 9.56. The van der Waals surface area contributed by atoms with E-state index in [1.54, 1.807) is 0 Å². The summed E-state index contributed by atoms with van der Waals surface area (Å²) in [6.45, 7) is 17.1. The van der Waals surface area contributed by atoms with Crippen molar-refractivity contribution in [3.63, 3.8) is 0 Å². The van der Waals surface area contributed by atoms with E-state index in [2.05, 4.69) is 59.1 Å². The highest BCUT2D eigenvalue weighted by molar-refractivity contribution is 5.90. The van der Waals surface area contributed by atoms with Gasteiger partial charge < -0.3 is 10.6 Å². The van der Waals surface area contributed by atoms with Gasteiger partial charge in [0.15, 0.2) is 0 Å². The van der Waals surface area contributed by atoms with E-state index in [4.69, 9.17) is 5.10 Å². The van der Waals surface area contributed by atoms with E-state index >= 15 is 0 Å². The molecule has 0 bridgehead atoms. The third kappa shape index (κ3) is 5.98. The second-order valence-corrected chi connectivity index (χ2v) is 9.56. The molecule has 1 unspecified atom stereocenters. The number of piperidine rings is 1. The first kappa shape index (κ1) is 23.0. The predicted molar refractivity (Wildman–Crippen MR) is 111 cm³/mol. The fourth-order valence-corrected chi connectivity index (χ4v) is 3.41. The lowest BCUT2D eigenvalue weighted by atomic mass is 9.84. The van der Waals surface area contributed by atoms with Crippen LogP contribution in [0.1, 0.15) is 73.4 Å². The van der Waals surface area contributed by atoms with Crippen LogP contribution in [0.2, 0.25) is 0 Å².